The lowest BCUT2D eigenvalue weighted by molar-refractivity contribution is 0.405. The van der Waals surface area contributed by atoms with Crippen molar-refractivity contribution in [2.75, 3.05) is 6.54 Å². The predicted molar refractivity (Wildman–Crippen MR) is 20.4 cm³/mol. The number of hydrogen-bond acceptors (Lipinski definition) is 3. The van der Waals surface area contributed by atoms with Crippen molar-refractivity contribution in [2.45, 2.75) is 0 Å². The van der Waals surface area contributed by atoms with Gasteiger partial charge in [-0.1, -0.05) is 0 Å². The standard InChI is InChI=1S/C3H4N2O/c6-3-1-2-4-5-3/h1,6H,2H2. The number of aliphatic hydroxyl groups excluding tert-OH is 1. The van der Waals surface area contributed by atoms with Gasteiger partial charge in [0.1, 0.15) is 0 Å². The molecule has 0 aliphatic carbocycles. The van der Waals surface area contributed by atoms with Gasteiger partial charge in [-0.25, -0.2) is 0 Å². The topological polar surface area (TPSA) is 45.0 Å². The molecule has 0 aromatic heterocycles. The van der Waals surface area contributed by atoms with Crippen LogP contribution in [0.2, 0.25) is 0 Å². The second-order valence-corrected chi connectivity index (χ2v) is 0.986. The van der Waals surface area contributed by atoms with Crippen LogP contribution >= 0.6 is 0 Å². The normalized spacial score (nSPS) is 18.3. The summed E-state index contributed by atoms with van der Waals surface area (Å²) in [4.78, 5) is 0. The van der Waals surface area contributed by atoms with E-state index in [0.29, 0.717) is 6.54 Å². The molecule has 1 rings (SSSR count). The largest absolute Gasteiger partial charge is 0.492 e. The summed E-state index contributed by atoms with van der Waals surface area (Å²) in [5, 5.41) is 15.1. The first-order chi connectivity index (χ1) is 2.89. The Morgan fingerprint density at radius 2 is 2.67 bits per heavy atom. The highest BCUT2D eigenvalue weighted by atomic mass is 16.3. The van der Waals surface area contributed by atoms with Crippen molar-refractivity contribution in [3.05, 3.63) is 12.0 Å². The molecule has 3 nitrogen and oxygen atoms in total. The highest BCUT2D eigenvalue weighted by Crippen LogP contribution is 1.98. The van der Waals surface area contributed by atoms with E-state index in [1.54, 1.807) is 6.08 Å². The molecule has 0 aromatic rings. The molecule has 0 radical (unpaired) electrons. The van der Waals surface area contributed by atoms with Crippen LogP contribution in [0.25, 0.3) is 0 Å². The maximum Gasteiger partial charge on any atom is 0.228 e. The number of aliphatic hydroxyl groups is 1. The van der Waals surface area contributed by atoms with Gasteiger partial charge >= 0.3 is 0 Å². The van der Waals surface area contributed by atoms with Crippen LogP contribution in [0.5, 0.6) is 0 Å². The Hall–Kier alpha value is -0.860. The van der Waals surface area contributed by atoms with Crippen LogP contribution in [0, 0.1) is 0 Å². The van der Waals surface area contributed by atoms with Gasteiger partial charge in [0.15, 0.2) is 0 Å². The Morgan fingerprint density at radius 3 is 2.83 bits per heavy atom. The van der Waals surface area contributed by atoms with Crippen LogP contribution in [0.15, 0.2) is 22.2 Å². The van der Waals surface area contributed by atoms with Crippen molar-refractivity contribution < 1.29 is 5.11 Å². The van der Waals surface area contributed by atoms with Gasteiger partial charge < -0.3 is 5.11 Å². The number of hydrogen-bond donors (Lipinski definition) is 1. The Labute approximate surface area is 35.0 Å². The Morgan fingerprint density at radius 1 is 1.83 bits per heavy atom. The van der Waals surface area contributed by atoms with E-state index in [1.807, 2.05) is 0 Å². The average molecular weight is 84.1 g/mol. The van der Waals surface area contributed by atoms with Gasteiger partial charge in [0.25, 0.3) is 0 Å². The van der Waals surface area contributed by atoms with Crippen LogP contribution in [-0.4, -0.2) is 11.7 Å². The molecule has 1 aliphatic heterocycles. The summed E-state index contributed by atoms with van der Waals surface area (Å²) in [5.74, 6) is 0.0370. The van der Waals surface area contributed by atoms with E-state index in [0.717, 1.165) is 0 Å². The quantitative estimate of drug-likeness (QED) is 0.464. The number of nitrogens with zero attached hydrogens (tertiary/aromatic N) is 2. The maximum atomic E-state index is 8.33. The summed E-state index contributed by atoms with van der Waals surface area (Å²) >= 11 is 0. The van der Waals surface area contributed by atoms with Crippen molar-refractivity contribution in [1.82, 2.24) is 0 Å². The third-order valence-corrected chi connectivity index (χ3v) is 0.529. The summed E-state index contributed by atoms with van der Waals surface area (Å²) in [5.41, 5.74) is 0. The van der Waals surface area contributed by atoms with Gasteiger partial charge in [0.2, 0.25) is 5.88 Å². The molecule has 0 saturated heterocycles. The second-order valence-electron chi connectivity index (χ2n) is 0.986. The van der Waals surface area contributed by atoms with Gasteiger partial charge in [-0.15, -0.1) is 5.11 Å². The van der Waals surface area contributed by atoms with Gasteiger partial charge in [-0.2, -0.15) is 5.11 Å². The van der Waals surface area contributed by atoms with Crippen LogP contribution in [0.1, 0.15) is 0 Å². The molecule has 0 bridgehead atoms. The molecule has 6 heavy (non-hydrogen) atoms. The van der Waals surface area contributed by atoms with Crippen LogP contribution in [0.4, 0.5) is 0 Å². The first-order valence-electron chi connectivity index (χ1n) is 1.66. The molecule has 0 amide bonds. The van der Waals surface area contributed by atoms with E-state index < -0.39 is 0 Å². The SMILES string of the molecule is OC1=CCN=N1. The molecule has 3 heteroatoms. The summed E-state index contributed by atoms with van der Waals surface area (Å²) in [6, 6.07) is 0. The smallest absolute Gasteiger partial charge is 0.228 e. The Kier molecular flexibility index (Phi) is 0.602. The first kappa shape index (κ1) is 3.33. The van der Waals surface area contributed by atoms with E-state index in [-0.39, 0.29) is 5.88 Å². The molecule has 1 N–H and O–H groups in total. The van der Waals surface area contributed by atoms with Crippen molar-refractivity contribution in [3.63, 3.8) is 0 Å². The van der Waals surface area contributed by atoms with Gasteiger partial charge in [-0.3, -0.25) is 0 Å². The van der Waals surface area contributed by atoms with Crippen molar-refractivity contribution >= 4 is 0 Å². The van der Waals surface area contributed by atoms with Crippen LogP contribution in [0.3, 0.4) is 0 Å². The summed E-state index contributed by atoms with van der Waals surface area (Å²) in [7, 11) is 0. The molecule has 1 heterocycles. The van der Waals surface area contributed by atoms with Crippen molar-refractivity contribution in [2.24, 2.45) is 10.2 Å². The summed E-state index contributed by atoms with van der Waals surface area (Å²) < 4.78 is 0. The van der Waals surface area contributed by atoms with Crippen LogP contribution < -0.4 is 0 Å². The number of rotatable bonds is 0. The van der Waals surface area contributed by atoms with E-state index in [1.165, 1.54) is 0 Å². The zero-order chi connectivity index (χ0) is 4.41. The van der Waals surface area contributed by atoms with Crippen molar-refractivity contribution in [3.8, 4) is 0 Å². The molecule has 0 atom stereocenters. The molecule has 0 aromatic carbocycles. The van der Waals surface area contributed by atoms with Gasteiger partial charge in [0, 0.05) is 6.08 Å². The minimum Gasteiger partial charge on any atom is -0.492 e. The average Bonchev–Trinajstić information content (AvgIpc) is 1.86. The van der Waals surface area contributed by atoms with Gasteiger partial charge in [-0.05, 0) is 0 Å². The lowest BCUT2D eigenvalue weighted by Gasteiger charge is -1.70. The molecule has 0 unspecified atom stereocenters. The third kappa shape index (κ3) is 0.381. The van der Waals surface area contributed by atoms with Crippen molar-refractivity contribution in [1.29, 1.82) is 0 Å². The summed E-state index contributed by atoms with van der Waals surface area (Å²) in [6.07, 6.45) is 1.54. The molecule has 0 saturated carbocycles. The third-order valence-electron chi connectivity index (χ3n) is 0.529. The lowest BCUT2D eigenvalue weighted by Crippen LogP contribution is -1.62. The maximum absolute atomic E-state index is 8.33. The second kappa shape index (κ2) is 1.08. The van der Waals surface area contributed by atoms with Crippen LogP contribution in [-0.2, 0) is 0 Å². The van der Waals surface area contributed by atoms with E-state index in [9.17, 15) is 0 Å². The molecular formula is C3H4N2O. The first-order valence-corrected chi connectivity index (χ1v) is 1.66. The van der Waals surface area contributed by atoms with E-state index in [2.05, 4.69) is 10.2 Å². The molecule has 32 valence electrons. The molecule has 0 fully saturated rings. The minimum atomic E-state index is 0.0370. The molecule has 0 spiro atoms. The van der Waals surface area contributed by atoms with Gasteiger partial charge in [0.05, 0.1) is 6.54 Å². The molecule has 1 aliphatic rings. The minimum absolute atomic E-state index is 0.0370. The summed E-state index contributed by atoms with van der Waals surface area (Å²) in [6.45, 7) is 0.534. The van der Waals surface area contributed by atoms with E-state index in [4.69, 9.17) is 5.11 Å². The predicted octanol–water partition coefficient (Wildman–Crippen LogP) is 0.852. The number of azo groups is 1. The fourth-order valence-electron chi connectivity index (χ4n) is 0.277. The lowest BCUT2D eigenvalue weighted by atomic mass is 10.6. The highest BCUT2D eigenvalue weighted by Gasteiger charge is 1.90. The Bertz CT molecular complexity index is 103. The fraction of sp³-hybridized carbons (Fsp3) is 0.333. The molecular weight excluding hydrogens is 80.0 g/mol. The zero-order valence-corrected chi connectivity index (χ0v) is 3.13. The fourth-order valence-corrected chi connectivity index (χ4v) is 0.277. The zero-order valence-electron chi connectivity index (χ0n) is 3.13. The highest BCUT2D eigenvalue weighted by molar-refractivity contribution is 4.93. The van der Waals surface area contributed by atoms with E-state index >= 15 is 0 Å². The Balaban J connectivity index is 2.68. The monoisotopic (exact) mass is 84.0 g/mol.